The molecule has 1 N–H and O–H groups in total. The second-order valence-corrected chi connectivity index (χ2v) is 6.88. The third kappa shape index (κ3) is 3.41. The summed E-state index contributed by atoms with van der Waals surface area (Å²) < 4.78 is 5.15. The molecule has 1 spiro atoms. The van der Waals surface area contributed by atoms with E-state index in [1.54, 1.807) is 7.11 Å². The van der Waals surface area contributed by atoms with Crippen LogP contribution in [0, 0.1) is 11.3 Å². The van der Waals surface area contributed by atoms with Gasteiger partial charge in [0.05, 0.1) is 6.61 Å². The topological polar surface area (TPSA) is 44.8 Å². The van der Waals surface area contributed by atoms with Gasteiger partial charge in [0.2, 0.25) is 5.91 Å². The molecule has 1 aliphatic carbocycles. The quantitative estimate of drug-likeness (QED) is 0.823. The summed E-state index contributed by atoms with van der Waals surface area (Å²) >= 11 is 0. The van der Waals surface area contributed by atoms with Crippen molar-refractivity contribution in [2.75, 3.05) is 59.5 Å². The lowest BCUT2D eigenvalue weighted by Gasteiger charge is -2.26. The Bertz CT molecular complexity index is 369. The highest BCUT2D eigenvalue weighted by Gasteiger charge is 2.58. The number of piperidine rings is 1. The van der Waals surface area contributed by atoms with E-state index in [0.717, 1.165) is 65.3 Å². The zero-order valence-corrected chi connectivity index (χ0v) is 13.3. The SMILES string of the molecule is COCCN1CCCN(C(=O)C2CC23CCNCC3)CC1. The van der Waals surface area contributed by atoms with Gasteiger partial charge in [-0.25, -0.2) is 0 Å². The van der Waals surface area contributed by atoms with Gasteiger partial charge in [-0.05, 0) is 50.7 Å². The van der Waals surface area contributed by atoms with Crippen molar-refractivity contribution in [3.8, 4) is 0 Å². The fourth-order valence-electron chi connectivity index (χ4n) is 4.03. The van der Waals surface area contributed by atoms with Crippen LogP contribution < -0.4 is 5.32 Å². The number of carbonyl (C=O) groups is 1. The van der Waals surface area contributed by atoms with Crippen molar-refractivity contribution in [2.45, 2.75) is 25.7 Å². The van der Waals surface area contributed by atoms with Gasteiger partial charge < -0.3 is 15.0 Å². The van der Waals surface area contributed by atoms with Crippen LogP contribution >= 0.6 is 0 Å². The highest BCUT2D eigenvalue weighted by molar-refractivity contribution is 5.82. The minimum atomic E-state index is 0.324. The zero-order chi connectivity index (χ0) is 14.7. The molecule has 1 atom stereocenters. The molecule has 120 valence electrons. The number of nitrogens with one attached hydrogen (secondary N) is 1. The van der Waals surface area contributed by atoms with E-state index in [1.165, 1.54) is 12.8 Å². The predicted molar refractivity (Wildman–Crippen MR) is 82.2 cm³/mol. The molecule has 21 heavy (non-hydrogen) atoms. The first-order valence-corrected chi connectivity index (χ1v) is 8.46. The van der Waals surface area contributed by atoms with E-state index < -0.39 is 0 Å². The molecule has 3 rings (SSSR count). The van der Waals surface area contributed by atoms with Gasteiger partial charge in [0.1, 0.15) is 0 Å². The second kappa shape index (κ2) is 6.63. The first-order chi connectivity index (χ1) is 10.2. The molecular weight excluding hydrogens is 266 g/mol. The van der Waals surface area contributed by atoms with Gasteiger partial charge >= 0.3 is 0 Å². The van der Waals surface area contributed by atoms with Gasteiger partial charge in [-0.2, -0.15) is 0 Å². The molecule has 2 aliphatic heterocycles. The molecule has 0 bridgehead atoms. The zero-order valence-electron chi connectivity index (χ0n) is 13.3. The summed E-state index contributed by atoms with van der Waals surface area (Å²) in [6.45, 7) is 7.87. The first kappa shape index (κ1) is 15.3. The molecule has 3 aliphatic rings. The lowest BCUT2D eigenvalue weighted by atomic mass is 9.91. The molecule has 2 saturated heterocycles. The molecule has 5 nitrogen and oxygen atoms in total. The van der Waals surface area contributed by atoms with Crippen LogP contribution in [0.25, 0.3) is 0 Å². The van der Waals surface area contributed by atoms with Gasteiger partial charge in [-0.3, -0.25) is 9.69 Å². The maximum absolute atomic E-state index is 12.8. The Morgan fingerprint density at radius 3 is 2.81 bits per heavy atom. The molecule has 1 amide bonds. The van der Waals surface area contributed by atoms with Gasteiger partial charge in [0, 0.05) is 39.2 Å². The molecule has 0 aromatic rings. The number of methoxy groups -OCH3 is 1. The lowest BCUT2D eigenvalue weighted by molar-refractivity contribution is -0.133. The summed E-state index contributed by atoms with van der Waals surface area (Å²) in [4.78, 5) is 17.3. The standard InChI is InChI=1S/C16H29N3O2/c1-21-12-11-18-7-2-8-19(10-9-18)15(20)14-13-16(14)3-5-17-6-4-16/h14,17H,2-13H2,1H3. The molecule has 0 aromatic heterocycles. The van der Waals surface area contributed by atoms with Crippen molar-refractivity contribution in [1.82, 2.24) is 15.1 Å². The number of hydrogen-bond acceptors (Lipinski definition) is 4. The maximum atomic E-state index is 12.8. The third-order valence-electron chi connectivity index (χ3n) is 5.60. The van der Waals surface area contributed by atoms with Gasteiger partial charge in [0.15, 0.2) is 0 Å². The number of amides is 1. The molecule has 0 aromatic carbocycles. The number of rotatable bonds is 4. The number of ether oxygens (including phenoxy) is 1. The van der Waals surface area contributed by atoms with E-state index in [4.69, 9.17) is 4.74 Å². The average molecular weight is 295 g/mol. The fraction of sp³-hybridized carbons (Fsp3) is 0.938. The number of carbonyl (C=O) groups excluding carboxylic acids is 1. The Hall–Kier alpha value is -0.650. The number of nitrogens with zero attached hydrogens (tertiary/aromatic N) is 2. The van der Waals surface area contributed by atoms with Crippen LogP contribution in [0.1, 0.15) is 25.7 Å². The fourth-order valence-corrected chi connectivity index (χ4v) is 4.03. The van der Waals surface area contributed by atoms with Crippen LogP contribution in [0.2, 0.25) is 0 Å². The molecular formula is C16H29N3O2. The Kier molecular flexibility index (Phi) is 4.82. The summed E-state index contributed by atoms with van der Waals surface area (Å²) in [6, 6.07) is 0. The normalized spacial score (nSPS) is 29.4. The Balaban J connectivity index is 1.49. The van der Waals surface area contributed by atoms with Crippen molar-refractivity contribution in [3.05, 3.63) is 0 Å². The summed E-state index contributed by atoms with van der Waals surface area (Å²) in [7, 11) is 1.75. The summed E-state index contributed by atoms with van der Waals surface area (Å²) in [5, 5.41) is 3.41. The van der Waals surface area contributed by atoms with Crippen molar-refractivity contribution in [2.24, 2.45) is 11.3 Å². The first-order valence-electron chi connectivity index (χ1n) is 8.46. The van der Waals surface area contributed by atoms with Crippen LogP contribution in [0.15, 0.2) is 0 Å². The molecule has 1 saturated carbocycles. The molecule has 5 heteroatoms. The van der Waals surface area contributed by atoms with Crippen molar-refractivity contribution in [1.29, 1.82) is 0 Å². The maximum Gasteiger partial charge on any atom is 0.226 e. The Morgan fingerprint density at radius 2 is 2.05 bits per heavy atom. The minimum absolute atomic E-state index is 0.324. The van der Waals surface area contributed by atoms with E-state index in [9.17, 15) is 4.79 Å². The highest BCUT2D eigenvalue weighted by atomic mass is 16.5. The van der Waals surface area contributed by atoms with E-state index in [-0.39, 0.29) is 0 Å². The molecule has 3 fully saturated rings. The van der Waals surface area contributed by atoms with Crippen molar-refractivity contribution < 1.29 is 9.53 Å². The third-order valence-corrected chi connectivity index (χ3v) is 5.60. The van der Waals surface area contributed by atoms with Crippen LogP contribution in [-0.4, -0.2) is 75.2 Å². The smallest absolute Gasteiger partial charge is 0.226 e. The largest absolute Gasteiger partial charge is 0.383 e. The van der Waals surface area contributed by atoms with E-state index in [0.29, 0.717) is 17.2 Å². The average Bonchev–Trinajstić information content (AvgIpc) is 3.24. The summed E-state index contributed by atoms with van der Waals surface area (Å²) in [5.74, 6) is 0.760. The molecule has 1 unspecified atom stereocenters. The Labute approximate surface area is 128 Å². The molecule has 2 heterocycles. The highest BCUT2D eigenvalue weighted by Crippen LogP contribution is 2.59. The minimum Gasteiger partial charge on any atom is -0.383 e. The summed E-state index contributed by atoms with van der Waals surface area (Å²) in [6.07, 6.45) is 4.61. The van der Waals surface area contributed by atoms with Crippen molar-refractivity contribution in [3.63, 3.8) is 0 Å². The second-order valence-electron chi connectivity index (χ2n) is 6.88. The van der Waals surface area contributed by atoms with E-state index in [1.807, 2.05) is 0 Å². The number of hydrogen-bond donors (Lipinski definition) is 1. The lowest BCUT2D eigenvalue weighted by Crippen LogP contribution is -2.39. The summed E-state index contributed by atoms with van der Waals surface area (Å²) in [5.41, 5.74) is 0.365. The van der Waals surface area contributed by atoms with Crippen LogP contribution in [-0.2, 0) is 9.53 Å². The van der Waals surface area contributed by atoms with E-state index in [2.05, 4.69) is 15.1 Å². The Morgan fingerprint density at radius 1 is 1.24 bits per heavy atom. The van der Waals surface area contributed by atoms with E-state index >= 15 is 0 Å². The monoisotopic (exact) mass is 295 g/mol. The predicted octanol–water partition coefficient (Wildman–Crippen LogP) is 0.557. The van der Waals surface area contributed by atoms with Crippen LogP contribution in [0.4, 0.5) is 0 Å². The molecule has 0 radical (unpaired) electrons. The van der Waals surface area contributed by atoms with Gasteiger partial charge in [0.25, 0.3) is 0 Å². The van der Waals surface area contributed by atoms with Crippen LogP contribution in [0.5, 0.6) is 0 Å². The van der Waals surface area contributed by atoms with Crippen LogP contribution in [0.3, 0.4) is 0 Å². The van der Waals surface area contributed by atoms with Gasteiger partial charge in [-0.15, -0.1) is 0 Å². The van der Waals surface area contributed by atoms with Crippen molar-refractivity contribution >= 4 is 5.91 Å². The van der Waals surface area contributed by atoms with Gasteiger partial charge in [-0.1, -0.05) is 0 Å².